The Morgan fingerprint density at radius 2 is 2.15 bits per heavy atom. The van der Waals surface area contributed by atoms with Crippen LogP contribution in [0.2, 0.25) is 0 Å². The summed E-state index contributed by atoms with van der Waals surface area (Å²) in [7, 11) is 1.59. The van der Waals surface area contributed by atoms with Gasteiger partial charge in [-0.2, -0.15) is 16.7 Å². The second kappa shape index (κ2) is 7.69. The summed E-state index contributed by atoms with van der Waals surface area (Å²) in [6, 6.07) is 10.3. The first kappa shape index (κ1) is 14.6. The van der Waals surface area contributed by atoms with Crippen molar-refractivity contribution in [3.05, 3.63) is 47.6 Å². The lowest BCUT2D eigenvalue weighted by molar-refractivity contribution is -0.120. The number of aromatic nitrogens is 2. The van der Waals surface area contributed by atoms with E-state index in [0.29, 0.717) is 17.5 Å². The van der Waals surface area contributed by atoms with Gasteiger partial charge in [0.2, 0.25) is 11.8 Å². The van der Waals surface area contributed by atoms with Crippen molar-refractivity contribution in [3.8, 4) is 0 Å². The molecular weight excluding hydrogens is 274 g/mol. The van der Waals surface area contributed by atoms with Crippen LogP contribution in [-0.4, -0.2) is 28.8 Å². The highest BCUT2D eigenvalue weighted by molar-refractivity contribution is 7.98. The number of benzene rings is 1. The van der Waals surface area contributed by atoms with Crippen molar-refractivity contribution in [2.75, 3.05) is 12.8 Å². The van der Waals surface area contributed by atoms with E-state index < -0.39 is 0 Å². The van der Waals surface area contributed by atoms with Crippen LogP contribution in [-0.2, 0) is 23.4 Å². The Labute approximate surface area is 122 Å². The normalized spacial score (nSPS) is 10.4. The standard InChI is InChI=1S/C14H17N3O2S/c1-15-13(18)9-12-16-14(19-17-12)10-20-8-7-11-5-3-2-4-6-11/h2-6H,7-10H2,1H3,(H,15,18). The first-order valence-corrected chi connectivity index (χ1v) is 7.57. The molecule has 1 amide bonds. The molecular formula is C14H17N3O2S. The number of nitrogens with zero attached hydrogens (tertiary/aromatic N) is 2. The number of thioether (sulfide) groups is 1. The Hall–Kier alpha value is -1.82. The van der Waals surface area contributed by atoms with Gasteiger partial charge in [-0.25, -0.2) is 0 Å². The molecule has 106 valence electrons. The van der Waals surface area contributed by atoms with Gasteiger partial charge in [0.15, 0.2) is 5.82 Å². The van der Waals surface area contributed by atoms with E-state index in [2.05, 4.69) is 27.6 Å². The number of carbonyl (C=O) groups excluding carboxylic acids is 1. The molecule has 0 spiro atoms. The summed E-state index contributed by atoms with van der Waals surface area (Å²) >= 11 is 1.74. The molecule has 2 rings (SSSR count). The second-order valence-electron chi connectivity index (χ2n) is 4.24. The summed E-state index contributed by atoms with van der Waals surface area (Å²) in [5.41, 5.74) is 1.32. The summed E-state index contributed by atoms with van der Waals surface area (Å²) in [5, 5.41) is 6.31. The van der Waals surface area contributed by atoms with E-state index in [1.54, 1.807) is 18.8 Å². The third-order valence-corrected chi connectivity index (χ3v) is 3.65. The Kier molecular flexibility index (Phi) is 5.61. The smallest absolute Gasteiger partial charge is 0.236 e. The number of nitrogens with one attached hydrogen (secondary N) is 1. The van der Waals surface area contributed by atoms with Crippen LogP contribution in [0.4, 0.5) is 0 Å². The van der Waals surface area contributed by atoms with Gasteiger partial charge < -0.3 is 9.84 Å². The fourth-order valence-corrected chi connectivity index (χ4v) is 2.46. The van der Waals surface area contributed by atoms with Crippen LogP contribution in [0.15, 0.2) is 34.9 Å². The summed E-state index contributed by atoms with van der Waals surface area (Å²) < 4.78 is 5.10. The van der Waals surface area contributed by atoms with Crippen molar-refractivity contribution in [3.63, 3.8) is 0 Å². The third kappa shape index (κ3) is 4.70. The maximum Gasteiger partial charge on any atom is 0.236 e. The molecule has 5 nitrogen and oxygen atoms in total. The lowest BCUT2D eigenvalue weighted by Crippen LogP contribution is -2.20. The number of rotatable bonds is 7. The number of hydrogen-bond donors (Lipinski definition) is 1. The monoisotopic (exact) mass is 291 g/mol. The van der Waals surface area contributed by atoms with E-state index in [-0.39, 0.29) is 12.3 Å². The molecule has 0 saturated heterocycles. The summed E-state index contributed by atoms with van der Waals surface area (Å²) in [4.78, 5) is 15.4. The quantitative estimate of drug-likeness (QED) is 0.788. The van der Waals surface area contributed by atoms with Gasteiger partial charge in [0.05, 0.1) is 12.2 Å². The van der Waals surface area contributed by atoms with Gasteiger partial charge in [-0.1, -0.05) is 35.5 Å². The lowest BCUT2D eigenvalue weighted by Gasteiger charge is -1.99. The molecule has 0 atom stereocenters. The van der Waals surface area contributed by atoms with Gasteiger partial charge in [0.1, 0.15) is 0 Å². The topological polar surface area (TPSA) is 68.0 Å². The summed E-state index contributed by atoms with van der Waals surface area (Å²) in [6.45, 7) is 0. The molecule has 0 unspecified atom stereocenters. The van der Waals surface area contributed by atoms with E-state index in [0.717, 1.165) is 12.2 Å². The minimum atomic E-state index is -0.117. The predicted octanol–water partition coefficient (Wildman–Crippen LogP) is 1.83. The summed E-state index contributed by atoms with van der Waals surface area (Å²) in [5.74, 6) is 2.56. The van der Waals surface area contributed by atoms with E-state index in [1.165, 1.54) is 5.56 Å². The number of carbonyl (C=O) groups is 1. The van der Waals surface area contributed by atoms with Crippen LogP contribution in [0.3, 0.4) is 0 Å². The van der Waals surface area contributed by atoms with Crippen molar-refractivity contribution < 1.29 is 9.32 Å². The molecule has 0 fully saturated rings. The fourth-order valence-electron chi connectivity index (χ4n) is 1.65. The Balaban J connectivity index is 1.70. The zero-order valence-corrected chi connectivity index (χ0v) is 12.2. The van der Waals surface area contributed by atoms with Crippen molar-refractivity contribution in [1.82, 2.24) is 15.5 Å². The molecule has 0 bridgehead atoms. The maximum atomic E-state index is 11.2. The fraction of sp³-hybridized carbons (Fsp3) is 0.357. The van der Waals surface area contributed by atoms with Crippen molar-refractivity contribution in [2.24, 2.45) is 0 Å². The minimum absolute atomic E-state index is 0.117. The summed E-state index contributed by atoms with van der Waals surface area (Å²) in [6.07, 6.45) is 1.18. The van der Waals surface area contributed by atoms with Gasteiger partial charge in [-0.15, -0.1) is 0 Å². The molecule has 20 heavy (non-hydrogen) atoms. The second-order valence-corrected chi connectivity index (χ2v) is 5.35. The lowest BCUT2D eigenvalue weighted by atomic mass is 10.2. The predicted molar refractivity (Wildman–Crippen MR) is 78.4 cm³/mol. The third-order valence-electron chi connectivity index (χ3n) is 2.71. The molecule has 0 saturated carbocycles. The zero-order valence-electron chi connectivity index (χ0n) is 11.3. The Morgan fingerprint density at radius 3 is 2.90 bits per heavy atom. The molecule has 2 aromatic rings. The van der Waals surface area contributed by atoms with E-state index in [4.69, 9.17) is 4.52 Å². The number of hydrogen-bond acceptors (Lipinski definition) is 5. The molecule has 1 N–H and O–H groups in total. The van der Waals surface area contributed by atoms with Crippen LogP contribution in [0, 0.1) is 0 Å². The average molecular weight is 291 g/mol. The first-order chi connectivity index (χ1) is 9.78. The van der Waals surface area contributed by atoms with Crippen LogP contribution in [0.5, 0.6) is 0 Å². The minimum Gasteiger partial charge on any atom is -0.359 e. The largest absolute Gasteiger partial charge is 0.359 e. The van der Waals surface area contributed by atoms with Gasteiger partial charge in [-0.3, -0.25) is 4.79 Å². The van der Waals surface area contributed by atoms with E-state index in [1.807, 2.05) is 18.2 Å². The average Bonchev–Trinajstić information content (AvgIpc) is 2.92. The molecule has 1 aromatic carbocycles. The van der Waals surface area contributed by atoms with Crippen LogP contribution >= 0.6 is 11.8 Å². The molecule has 0 radical (unpaired) electrons. The number of aryl methyl sites for hydroxylation is 1. The zero-order chi connectivity index (χ0) is 14.2. The molecule has 0 aliphatic rings. The van der Waals surface area contributed by atoms with Crippen LogP contribution < -0.4 is 5.32 Å². The van der Waals surface area contributed by atoms with Crippen LogP contribution in [0.1, 0.15) is 17.3 Å². The van der Waals surface area contributed by atoms with Crippen molar-refractivity contribution in [1.29, 1.82) is 0 Å². The van der Waals surface area contributed by atoms with Crippen LogP contribution in [0.25, 0.3) is 0 Å². The maximum absolute atomic E-state index is 11.2. The van der Waals surface area contributed by atoms with Gasteiger partial charge in [0.25, 0.3) is 0 Å². The number of likely N-dealkylation sites (N-methyl/N-ethyl adjacent to an activating group) is 1. The highest BCUT2D eigenvalue weighted by Crippen LogP contribution is 2.13. The van der Waals surface area contributed by atoms with E-state index >= 15 is 0 Å². The van der Waals surface area contributed by atoms with E-state index in [9.17, 15) is 4.79 Å². The first-order valence-electron chi connectivity index (χ1n) is 6.41. The Bertz CT molecular complexity index is 542. The molecule has 1 heterocycles. The molecule has 0 aliphatic heterocycles. The van der Waals surface area contributed by atoms with Crippen molar-refractivity contribution in [2.45, 2.75) is 18.6 Å². The highest BCUT2D eigenvalue weighted by atomic mass is 32.2. The SMILES string of the molecule is CNC(=O)Cc1noc(CSCCc2ccccc2)n1. The highest BCUT2D eigenvalue weighted by Gasteiger charge is 2.09. The number of amides is 1. The molecule has 0 aliphatic carbocycles. The molecule has 1 aromatic heterocycles. The Morgan fingerprint density at radius 1 is 1.35 bits per heavy atom. The van der Waals surface area contributed by atoms with Gasteiger partial charge in [0, 0.05) is 7.05 Å². The molecule has 6 heteroatoms. The van der Waals surface area contributed by atoms with Crippen molar-refractivity contribution >= 4 is 17.7 Å². The van der Waals surface area contributed by atoms with Gasteiger partial charge in [-0.05, 0) is 17.7 Å². The van der Waals surface area contributed by atoms with Gasteiger partial charge >= 0.3 is 0 Å².